The molecule has 0 aliphatic heterocycles. The van der Waals surface area contributed by atoms with E-state index in [1.165, 1.54) is 7.11 Å². The standard InChI is InChI=1S/C8H10N2O2S/c1-12-8(11)7(10-9)5-6-3-2-4-13-6/h2-4H,5,9H2,1H3/b10-7-. The van der Waals surface area contributed by atoms with Gasteiger partial charge in [-0.05, 0) is 11.4 Å². The molecule has 0 saturated heterocycles. The lowest BCUT2D eigenvalue weighted by Crippen LogP contribution is -2.19. The lowest BCUT2D eigenvalue weighted by Gasteiger charge is -1.99. The van der Waals surface area contributed by atoms with Crippen molar-refractivity contribution in [2.24, 2.45) is 10.9 Å². The van der Waals surface area contributed by atoms with Crippen molar-refractivity contribution in [2.45, 2.75) is 6.42 Å². The topological polar surface area (TPSA) is 64.7 Å². The highest BCUT2D eigenvalue weighted by Crippen LogP contribution is 2.09. The third kappa shape index (κ3) is 2.55. The Hall–Kier alpha value is -1.36. The molecule has 1 rings (SSSR count). The summed E-state index contributed by atoms with van der Waals surface area (Å²) < 4.78 is 4.51. The summed E-state index contributed by atoms with van der Waals surface area (Å²) in [6.07, 6.45) is 0.431. The van der Waals surface area contributed by atoms with Gasteiger partial charge in [0.1, 0.15) is 5.71 Å². The number of thiophene rings is 1. The Labute approximate surface area is 80.0 Å². The molecule has 0 radical (unpaired) electrons. The monoisotopic (exact) mass is 198 g/mol. The molecular weight excluding hydrogens is 188 g/mol. The maximum Gasteiger partial charge on any atom is 0.354 e. The quantitative estimate of drug-likeness (QED) is 0.338. The number of rotatable bonds is 3. The molecular formula is C8H10N2O2S. The molecule has 1 heterocycles. The van der Waals surface area contributed by atoms with Gasteiger partial charge in [0.25, 0.3) is 0 Å². The molecule has 0 atom stereocenters. The Bertz CT molecular complexity index is 306. The van der Waals surface area contributed by atoms with Crippen LogP contribution in [0.5, 0.6) is 0 Å². The van der Waals surface area contributed by atoms with E-state index in [4.69, 9.17) is 5.84 Å². The number of nitrogens with two attached hydrogens (primary N) is 1. The summed E-state index contributed by atoms with van der Waals surface area (Å²) in [5.74, 6) is 4.58. The molecule has 0 aromatic carbocycles. The predicted octanol–water partition coefficient (Wildman–Crippen LogP) is 0.778. The van der Waals surface area contributed by atoms with Crippen molar-refractivity contribution in [1.82, 2.24) is 0 Å². The van der Waals surface area contributed by atoms with Crippen molar-refractivity contribution >= 4 is 23.0 Å². The smallest absolute Gasteiger partial charge is 0.354 e. The van der Waals surface area contributed by atoms with Crippen molar-refractivity contribution < 1.29 is 9.53 Å². The van der Waals surface area contributed by atoms with E-state index in [2.05, 4.69) is 9.84 Å². The summed E-state index contributed by atoms with van der Waals surface area (Å²) >= 11 is 1.55. The molecule has 0 saturated carbocycles. The van der Waals surface area contributed by atoms with E-state index in [0.29, 0.717) is 6.42 Å². The third-order valence-electron chi connectivity index (χ3n) is 1.50. The van der Waals surface area contributed by atoms with Crippen LogP contribution in [0, 0.1) is 0 Å². The third-order valence-corrected chi connectivity index (χ3v) is 2.38. The second-order valence-electron chi connectivity index (χ2n) is 2.32. The maximum atomic E-state index is 11.0. The van der Waals surface area contributed by atoms with Crippen molar-refractivity contribution in [2.75, 3.05) is 7.11 Å². The fourth-order valence-electron chi connectivity index (χ4n) is 0.867. The van der Waals surface area contributed by atoms with Crippen LogP contribution < -0.4 is 5.84 Å². The van der Waals surface area contributed by atoms with Crippen LogP contribution in [-0.2, 0) is 16.0 Å². The zero-order valence-electron chi connectivity index (χ0n) is 7.19. The molecule has 2 N–H and O–H groups in total. The Morgan fingerprint density at radius 2 is 2.54 bits per heavy atom. The fraction of sp³-hybridized carbons (Fsp3) is 0.250. The average Bonchev–Trinajstić information content (AvgIpc) is 2.65. The van der Waals surface area contributed by atoms with E-state index < -0.39 is 5.97 Å². The summed E-state index contributed by atoms with van der Waals surface area (Å²) in [6, 6.07) is 3.82. The largest absolute Gasteiger partial charge is 0.464 e. The first kappa shape index (κ1) is 9.73. The van der Waals surface area contributed by atoms with Crippen LogP contribution in [0.1, 0.15) is 4.88 Å². The molecule has 0 aliphatic rings. The van der Waals surface area contributed by atoms with Crippen LogP contribution in [0.2, 0.25) is 0 Å². The summed E-state index contributed by atoms with van der Waals surface area (Å²) in [7, 11) is 1.31. The van der Waals surface area contributed by atoms with E-state index in [1.54, 1.807) is 11.3 Å². The van der Waals surface area contributed by atoms with Crippen molar-refractivity contribution in [3.8, 4) is 0 Å². The molecule has 0 fully saturated rings. The molecule has 70 valence electrons. The van der Waals surface area contributed by atoms with Gasteiger partial charge in [0, 0.05) is 11.3 Å². The average molecular weight is 198 g/mol. The Balaban J connectivity index is 2.66. The number of ether oxygens (including phenoxy) is 1. The zero-order valence-corrected chi connectivity index (χ0v) is 8.00. The number of hydrazone groups is 1. The predicted molar refractivity (Wildman–Crippen MR) is 51.7 cm³/mol. The van der Waals surface area contributed by atoms with Crippen LogP contribution in [0.15, 0.2) is 22.6 Å². The first-order valence-corrected chi connectivity index (χ1v) is 4.53. The number of methoxy groups -OCH3 is 1. The minimum absolute atomic E-state index is 0.241. The van der Waals surface area contributed by atoms with Crippen LogP contribution in [0.3, 0.4) is 0 Å². The minimum Gasteiger partial charge on any atom is -0.464 e. The van der Waals surface area contributed by atoms with Gasteiger partial charge in [-0.25, -0.2) is 4.79 Å². The number of hydrogen-bond donors (Lipinski definition) is 1. The van der Waals surface area contributed by atoms with Crippen LogP contribution >= 0.6 is 11.3 Å². The van der Waals surface area contributed by atoms with Gasteiger partial charge < -0.3 is 10.6 Å². The highest BCUT2D eigenvalue weighted by molar-refractivity contribution is 7.10. The maximum absolute atomic E-state index is 11.0. The molecule has 1 aromatic rings. The van der Waals surface area contributed by atoms with Gasteiger partial charge in [0.15, 0.2) is 0 Å². The first-order valence-electron chi connectivity index (χ1n) is 3.65. The van der Waals surface area contributed by atoms with E-state index >= 15 is 0 Å². The molecule has 0 spiro atoms. The molecule has 0 unspecified atom stereocenters. The van der Waals surface area contributed by atoms with Crippen LogP contribution in [0.25, 0.3) is 0 Å². The van der Waals surface area contributed by atoms with Crippen molar-refractivity contribution in [3.05, 3.63) is 22.4 Å². The number of carbonyl (C=O) groups is 1. The minimum atomic E-state index is -0.476. The summed E-state index contributed by atoms with van der Waals surface area (Å²) in [4.78, 5) is 12.1. The lowest BCUT2D eigenvalue weighted by molar-refractivity contribution is -0.132. The number of esters is 1. The van der Waals surface area contributed by atoms with Gasteiger partial charge in [0.05, 0.1) is 7.11 Å². The fourth-order valence-corrected chi connectivity index (χ4v) is 1.58. The van der Waals surface area contributed by atoms with Gasteiger partial charge in [0.2, 0.25) is 0 Å². The van der Waals surface area contributed by atoms with Gasteiger partial charge in [-0.3, -0.25) is 0 Å². The normalized spacial score (nSPS) is 11.3. The highest BCUT2D eigenvalue weighted by atomic mass is 32.1. The molecule has 1 aromatic heterocycles. The Morgan fingerprint density at radius 3 is 3.00 bits per heavy atom. The van der Waals surface area contributed by atoms with Crippen LogP contribution in [0.4, 0.5) is 0 Å². The SMILES string of the molecule is COC(=O)/C(Cc1cccs1)=N\N. The number of carbonyl (C=O) groups excluding carboxylic acids is 1. The molecule has 13 heavy (non-hydrogen) atoms. The van der Waals surface area contributed by atoms with Crippen molar-refractivity contribution in [1.29, 1.82) is 0 Å². The molecule has 0 aliphatic carbocycles. The van der Waals surface area contributed by atoms with Crippen LogP contribution in [-0.4, -0.2) is 18.8 Å². The first-order chi connectivity index (χ1) is 6.27. The number of hydrogen-bond acceptors (Lipinski definition) is 5. The van der Waals surface area contributed by atoms with Crippen molar-refractivity contribution in [3.63, 3.8) is 0 Å². The van der Waals surface area contributed by atoms with E-state index in [1.807, 2.05) is 17.5 Å². The number of nitrogens with zero attached hydrogens (tertiary/aromatic N) is 1. The molecule has 5 heteroatoms. The van der Waals surface area contributed by atoms with E-state index in [9.17, 15) is 4.79 Å². The summed E-state index contributed by atoms with van der Waals surface area (Å²) in [6.45, 7) is 0. The summed E-state index contributed by atoms with van der Waals surface area (Å²) in [5.41, 5.74) is 0.241. The second-order valence-corrected chi connectivity index (χ2v) is 3.36. The highest BCUT2D eigenvalue weighted by Gasteiger charge is 2.12. The van der Waals surface area contributed by atoms with Gasteiger partial charge in [-0.1, -0.05) is 6.07 Å². The lowest BCUT2D eigenvalue weighted by atomic mass is 10.2. The zero-order chi connectivity index (χ0) is 9.68. The molecule has 0 amide bonds. The second kappa shape index (κ2) is 4.61. The van der Waals surface area contributed by atoms with Gasteiger partial charge in [-0.2, -0.15) is 5.10 Å². The van der Waals surface area contributed by atoms with Gasteiger partial charge in [-0.15, -0.1) is 11.3 Å². The van der Waals surface area contributed by atoms with Gasteiger partial charge >= 0.3 is 5.97 Å². The summed E-state index contributed by atoms with van der Waals surface area (Å²) in [5, 5.41) is 5.31. The molecule has 4 nitrogen and oxygen atoms in total. The van der Waals surface area contributed by atoms with E-state index in [0.717, 1.165) is 4.88 Å². The Kier molecular flexibility index (Phi) is 3.45. The Morgan fingerprint density at radius 1 is 1.77 bits per heavy atom. The van der Waals surface area contributed by atoms with E-state index in [-0.39, 0.29) is 5.71 Å². The molecule has 0 bridgehead atoms.